The van der Waals surface area contributed by atoms with Gasteiger partial charge in [-0.05, 0) is 42.8 Å². The Kier molecular flexibility index (Phi) is 7.15. The number of aromatic amines is 1. The van der Waals surface area contributed by atoms with Crippen molar-refractivity contribution < 1.29 is 9.47 Å². The van der Waals surface area contributed by atoms with Gasteiger partial charge in [-0.25, -0.2) is 9.89 Å². The van der Waals surface area contributed by atoms with E-state index in [1.807, 2.05) is 0 Å². The molecule has 0 fully saturated rings. The van der Waals surface area contributed by atoms with Crippen molar-refractivity contribution in [3.63, 3.8) is 0 Å². The highest BCUT2D eigenvalue weighted by Crippen LogP contribution is 2.34. The Morgan fingerprint density at radius 1 is 1.17 bits per heavy atom. The number of aryl methyl sites for hydroxylation is 1. The molecule has 1 heterocycles. The van der Waals surface area contributed by atoms with E-state index in [2.05, 4.69) is 25.7 Å². The molecular weight excluding hydrogens is 453 g/mol. The van der Waals surface area contributed by atoms with Crippen LogP contribution >= 0.6 is 34.8 Å². The number of ether oxygens (including phenoxy) is 2. The Labute approximate surface area is 186 Å². The maximum absolute atomic E-state index is 11.2. The minimum absolute atomic E-state index is 0.115. The van der Waals surface area contributed by atoms with E-state index in [0.717, 1.165) is 5.56 Å². The molecule has 0 aliphatic carbocycles. The molecule has 0 amide bonds. The van der Waals surface area contributed by atoms with Crippen molar-refractivity contribution in [3.05, 3.63) is 72.7 Å². The number of methoxy groups -OCH3 is 1. The molecule has 3 aromatic rings. The molecule has 0 atom stereocenters. The van der Waals surface area contributed by atoms with Crippen LogP contribution < -0.4 is 20.6 Å². The van der Waals surface area contributed by atoms with E-state index in [0.29, 0.717) is 37.8 Å². The Morgan fingerprint density at radius 2 is 1.93 bits per heavy atom. The molecule has 1 aromatic heterocycles. The highest BCUT2D eigenvalue weighted by Gasteiger charge is 2.12. The second-order valence-corrected chi connectivity index (χ2v) is 7.16. The first-order valence-corrected chi connectivity index (χ1v) is 9.68. The minimum Gasteiger partial charge on any atom is -0.493 e. The summed E-state index contributed by atoms with van der Waals surface area (Å²) in [4.78, 5) is 15.0. The number of hydrogen-bond acceptors (Lipinski definition) is 7. The third-order valence-corrected chi connectivity index (χ3v) is 5.16. The van der Waals surface area contributed by atoms with E-state index < -0.39 is 5.69 Å². The summed E-state index contributed by atoms with van der Waals surface area (Å²) in [5.41, 5.74) is 3.92. The molecule has 156 valence electrons. The zero-order valence-electron chi connectivity index (χ0n) is 15.9. The lowest BCUT2D eigenvalue weighted by Crippen LogP contribution is -2.15. The second-order valence-electron chi connectivity index (χ2n) is 5.97. The smallest absolute Gasteiger partial charge is 0.363 e. The molecular formula is C19H16Cl3N5O3. The van der Waals surface area contributed by atoms with Gasteiger partial charge in [0.15, 0.2) is 17.3 Å². The van der Waals surface area contributed by atoms with Gasteiger partial charge in [-0.1, -0.05) is 34.8 Å². The first-order valence-electron chi connectivity index (χ1n) is 8.54. The first-order chi connectivity index (χ1) is 14.4. The van der Waals surface area contributed by atoms with Gasteiger partial charge in [0.2, 0.25) is 0 Å². The molecule has 0 saturated heterocycles. The number of aromatic nitrogens is 3. The normalized spacial score (nSPS) is 11.0. The van der Waals surface area contributed by atoms with Crippen molar-refractivity contribution in [1.29, 1.82) is 0 Å². The van der Waals surface area contributed by atoms with Crippen LogP contribution in [-0.4, -0.2) is 28.5 Å². The number of H-pyrrole nitrogens is 1. The van der Waals surface area contributed by atoms with Gasteiger partial charge in [-0.2, -0.15) is 15.2 Å². The summed E-state index contributed by atoms with van der Waals surface area (Å²) in [6.45, 7) is 1.80. The van der Waals surface area contributed by atoms with Crippen LogP contribution in [0.2, 0.25) is 15.1 Å². The Bertz CT molecular complexity index is 1150. The van der Waals surface area contributed by atoms with Crippen molar-refractivity contribution in [2.75, 3.05) is 12.5 Å². The van der Waals surface area contributed by atoms with E-state index in [1.54, 1.807) is 43.5 Å². The quantitative estimate of drug-likeness (QED) is 0.301. The van der Waals surface area contributed by atoms with Gasteiger partial charge >= 0.3 is 5.69 Å². The molecule has 0 saturated carbocycles. The number of halogens is 3. The standard InChI is InChI=1S/C19H16Cl3N5O3/c1-10-18(24-19(28)27-25-10)26-23-8-11-3-6-15(16(7-11)29-2)30-9-12-13(20)4-5-14(21)17(12)22/h3-8H,9H2,1-2H3,(H2,24,26,27,28)/b23-8+. The van der Waals surface area contributed by atoms with Gasteiger partial charge in [0.1, 0.15) is 12.3 Å². The summed E-state index contributed by atoms with van der Waals surface area (Å²) in [6, 6.07) is 8.52. The number of nitrogens with one attached hydrogen (secondary N) is 2. The van der Waals surface area contributed by atoms with Gasteiger partial charge in [-0.3, -0.25) is 5.43 Å². The van der Waals surface area contributed by atoms with Crippen LogP contribution in [0, 0.1) is 6.92 Å². The maximum Gasteiger partial charge on any atom is 0.363 e. The largest absolute Gasteiger partial charge is 0.493 e. The topological polar surface area (TPSA) is 101 Å². The van der Waals surface area contributed by atoms with Crippen molar-refractivity contribution in [2.45, 2.75) is 13.5 Å². The molecule has 30 heavy (non-hydrogen) atoms. The third kappa shape index (κ3) is 5.21. The monoisotopic (exact) mass is 467 g/mol. The fourth-order valence-corrected chi connectivity index (χ4v) is 3.06. The van der Waals surface area contributed by atoms with E-state index in [1.165, 1.54) is 7.11 Å². The summed E-state index contributed by atoms with van der Waals surface area (Å²) in [6.07, 6.45) is 1.54. The van der Waals surface area contributed by atoms with E-state index in [4.69, 9.17) is 44.3 Å². The molecule has 0 bridgehead atoms. The van der Waals surface area contributed by atoms with Gasteiger partial charge < -0.3 is 9.47 Å². The van der Waals surface area contributed by atoms with Gasteiger partial charge in [0.25, 0.3) is 0 Å². The first kappa shape index (κ1) is 21.9. The summed E-state index contributed by atoms with van der Waals surface area (Å²) < 4.78 is 11.2. The number of nitrogens with zero attached hydrogens (tertiary/aromatic N) is 3. The molecule has 0 radical (unpaired) electrons. The van der Waals surface area contributed by atoms with E-state index >= 15 is 0 Å². The highest BCUT2D eigenvalue weighted by atomic mass is 35.5. The molecule has 2 N–H and O–H groups in total. The zero-order valence-corrected chi connectivity index (χ0v) is 18.1. The minimum atomic E-state index is -0.568. The fourth-order valence-electron chi connectivity index (χ4n) is 2.40. The molecule has 0 spiro atoms. The Balaban J connectivity index is 1.73. The van der Waals surface area contributed by atoms with Crippen LogP contribution in [0.4, 0.5) is 5.82 Å². The predicted molar refractivity (Wildman–Crippen MR) is 117 cm³/mol. The average molecular weight is 469 g/mol. The number of rotatable bonds is 7. The zero-order chi connectivity index (χ0) is 21.7. The molecule has 11 heteroatoms. The molecule has 3 rings (SSSR count). The predicted octanol–water partition coefficient (Wildman–Crippen LogP) is 4.47. The van der Waals surface area contributed by atoms with Crippen molar-refractivity contribution in [2.24, 2.45) is 5.10 Å². The number of anilines is 1. The van der Waals surface area contributed by atoms with Gasteiger partial charge in [-0.15, -0.1) is 0 Å². The van der Waals surface area contributed by atoms with Gasteiger partial charge in [0, 0.05) is 10.6 Å². The molecule has 0 aliphatic rings. The van der Waals surface area contributed by atoms with E-state index in [9.17, 15) is 4.79 Å². The summed E-state index contributed by atoms with van der Waals surface area (Å²) in [5, 5.41) is 11.3. The average Bonchev–Trinajstić information content (AvgIpc) is 2.74. The van der Waals surface area contributed by atoms with Crippen molar-refractivity contribution in [3.8, 4) is 11.5 Å². The Hall–Kier alpha value is -2.81. The summed E-state index contributed by atoms with van der Waals surface area (Å²) >= 11 is 18.4. The van der Waals surface area contributed by atoms with Crippen LogP contribution in [-0.2, 0) is 6.61 Å². The van der Waals surface area contributed by atoms with Crippen LogP contribution in [0.5, 0.6) is 11.5 Å². The van der Waals surface area contributed by atoms with Crippen molar-refractivity contribution in [1.82, 2.24) is 15.2 Å². The number of benzene rings is 2. The number of hydrazone groups is 1. The molecule has 2 aromatic carbocycles. The van der Waals surface area contributed by atoms with Crippen LogP contribution in [0.3, 0.4) is 0 Å². The van der Waals surface area contributed by atoms with Gasteiger partial charge in [0.05, 0.1) is 23.4 Å². The van der Waals surface area contributed by atoms with E-state index in [-0.39, 0.29) is 12.4 Å². The maximum atomic E-state index is 11.2. The molecule has 0 aliphatic heterocycles. The number of hydrogen-bond donors (Lipinski definition) is 2. The summed E-state index contributed by atoms with van der Waals surface area (Å²) in [7, 11) is 1.52. The molecule has 0 unspecified atom stereocenters. The lowest BCUT2D eigenvalue weighted by Gasteiger charge is -2.13. The third-order valence-electron chi connectivity index (χ3n) is 3.96. The second kappa shape index (κ2) is 9.80. The van der Waals surface area contributed by atoms with Crippen LogP contribution in [0.1, 0.15) is 16.8 Å². The highest BCUT2D eigenvalue weighted by molar-refractivity contribution is 6.44. The van der Waals surface area contributed by atoms with Crippen LogP contribution in [0.15, 0.2) is 40.2 Å². The summed E-state index contributed by atoms with van der Waals surface area (Å²) in [5.74, 6) is 1.24. The lowest BCUT2D eigenvalue weighted by molar-refractivity contribution is 0.284. The Morgan fingerprint density at radius 3 is 2.70 bits per heavy atom. The SMILES string of the molecule is COc1cc(/C=N/Nc2nc(=O)[nH]nc2C)ccc1OCc1c(Cl)ccc(Cl)c1Cl. The fraction of sp³-hybridized carbons (Fsp3) is 0.158. The van der Waals surface area contributed by atoms with Crippen molar-refractivity contribution >= 4 is 46.8 Å². The lowest BCUT2D eigenvalue weighted by atomic mass is 10.2. The molecule has 8 nitrogen and oxygen atoms in total. The van der Waals surface area contributed by atoms with Crippen LogP contribution in [0.25, 0.3) is 0 Å².